The largest absolute Gasteiger partial charge is 0.345 e. The maximum Gasteiger partial charge on any atom is 0.237 e. The monoisotopic (exact) mass is 268 g/mol. The van der Waals surface area contributed by atoms with E-state index in [1.54, 1.807) is 7.05 Å². The van der Waals surface area contributed by atoms with Crippen LogP contribution in [-0.2, 0) is 9.59 Å². The SMILES string of the molecule is CN1CCCC(C(=O)Nc2cccc(F)c2F)C1=O. The van der Waals surface area contributed by atoms with E-state index in [1.807, 2.05) is 0 Å². The zero-order valence-electron chi connectivity index (χ0n) is 10.5. The third-order valence-electron chi connectivity index (χ3n) is 3.19. The molecule has 0 radical (unpaired) electrons. The number of hydrogen-bond acceptors (Lipinski definition) is 2. The van der Waals surface area contributed by atoms with Gasteiger partial charge in [0.1, 0.15) is 5.92 Å². The molecule has 0 bridgehead atoms. The highest BCUT2D eigenvalue weighted by Gasteiger charge is 2.32. The van der Waals surface area contributed by atoms with Crippen LogP contribution in [0.4, 0.5) is 14.5 Å². The summed E-state index contributed by atoms with van der Waals surface area (Å²) in [7, 11) is 1.62. The molecule has 0 aliphatic carbocycles. The van der Waals surface area contributed by atoms with Crippen molar-refractivity contribution in [3.63, 3.8) is 0 Å². The first kappa shape index (κ1) is 13.5. The summed E-state index contributed by atoms with van der Waals surface area (Å²) in [6.07, 6.45) is 1.14. The van der Waals surface area contributed by atoms with E-state index in [0.717, 1.165) is 6.07 Å². The third kappa shape index (κ3) is 2.72. The Hall–Kier alpha value is -1.98. The molecule has 1 unspecified atom stereocenters. The fourth-order valence-electron chi connectivity index (χ4n) is 2.10. The molecule has 19 heavy (non-hydrogen) atoms. The molecule has 1 N–H and O–H groups in total. The van der Waals surface area contributed by atoms with E-state index in [-0.39, 0.29) is 11.6 Å². The van der Waals surface area contributed by atoms with Crippen LogP contribution in [0.3, 0.4) is 0 Å². The van der Waals surface area contributed by atoms with Crippen molar-refractivity contribution in [2.45, 2.75) is 12.8 Å². The summed E-state index contributed by atoms with van der Waals surface area (Å²) in [5.41, 5.74) is -0.244. The number of likely N-dealkylation sites (tertiary alicyclic amines) is 1. The fourth-order valence-corrected chi connectivity index (χ4v) is 2.10. The van der Waals surface area contributed by atoms with E-state index < -0.39 is 23.5 Å². The number of piperidine rings is 1. The summed E-state index contributed by atoms with van der Waals surface area (Å²) in [4.78, 5) is 25.2. The van der Waals surface area contributed by atoms with Crippen LogP contribution in [0.15, 0.2) is 18.2 Å². The van der Waals surface area contributed by atoms with Crippen LogP contribution in [-0.4, -0.2) is 30.3 Å². The van der Waals surface area contributed by atoms with E-state index in [4.69, 9.17) is 0 Å². The molecule has 6 heteroatoms. The Bertz CT molecular complexity index is 519. The number of carbonyl (C=O) groups is 2. The summed E-state index contributed by atoms with van der Waals surface area (Å²) in [5, 5.41) is 2.27. The zero-order valence-corrected chi connectivity index (χ0v) is 10.5. The van der Waals surface area contributed by atoms with Crippen molar-refractivity contribution < 1.29 is 18.4 Å². The molecule has 102 valence electrons. The highest BCUT2D eigenvalue weighted by Crippen LogP contribution is 2.21. The summed E-state index contributed by atoms with van der Waals surface area (Å²) < 4.78 is 26.4. The minimum absolute atomic E-state index is 0.244. The molecular formula is C13H14F2N2O2. The lowest BCUT2D eigenvalue weighted by molar-refractivity contribution is -0.142. The highest BCUT2D eigenvalue weighted by atomic mass is 19.2. The number of anilines is 1. The minimum Gasteiger partial charge on any atom is -0.345 e. The summed E-state index contributed by atoms with van der Waals surface area (Å²) in [6.45, 7) is 0.608. The second-order valence-corrected chi connectivity index (χ2v) is 4.55. The molecule has 1 fully saturated rings. The van der Waals surface area contributed by atoms with E-state index in [9.17, 15) is 18.4 Å². The number of nitrogens with one attached hydrogen (secondary N) is 1. The van der Waals surface area contributed by atoms with Crippen molar-refractivity contribution in [2.75, 3.05) is 18.9 Å². The lowest BCUT2D eigenvalue weighted by Crippen LogP contribution is -2.43. The number of amides is 2. The van der Waals surface area contributed by atoms with Gasteiger partial charge in [-0.3, -0.25) is 9.59 Å². The Morgan fingerprint density at radius 2 is 2.16 bits per heavy atom. The average Bonchev–Trinajstić information content (AvgIpc) is 2.38. The van der Waals surface area contributed by atoms with E-state index in [2.05, 4.69) is 5.32 Å². The van der Waals surface area contributed by atoms with Gasteiger partial charge in [0, 0.05) is 13.6 Å². The van der Waals surface area contributed by atoms with E-state index >= 15 is 0 Å². The lowest BCUT2D eigenvalue weighted by Gasteiger charge is -2.28. The number of nitrogens with zero attached hydrogens (tertiary/aromatic N) is 1. The second-order valence-electron chi connectivity index (χ2n) is 4.55. The molecule has 4 nitrogen and oxygen atoms in total. The maximum atomic E-state index is 13.4. The average molecular weight is 268 g/mol. The van der Waals surface area contributed by atoms with Crippen LogP contribution in [0.2, 0.25) is 0 Å². The predicted molar refractivity (Wildman–Crippen MR) is 65.3 cm³/mol. The Labute approximate surface area is 109 Å². The Morgan fingerprint density at radius 1 is 1.42 bits per heavy atom. The topological polar surface area (TPSA) is 49.4 Å². The first-order valence-corrected chi connectivity index (χ1v) is 6.00. The van der Waals surface area contributed by atoms with Gasteiger partial charge < -0.3 is 10.2 Å². The van der Waals surface area contributed by atoms with Gasteiger partial charge in [0.15, 0.2) is 11.6 Å². The van der Waals surface area contributed by atoms with Crippen LogP contribution in [0, 0.1) is 17.6 Å². The normalized spacial score (nSPS) is 19.4. The van der Waals surface area contributed by atoms with Gasteiger partial charge >= 0.3 is 0 Å². The molecule has 0 spiro atoms. The molecule has 2 amide bonds. The van der Waals surface area contributed by atoms with Crippen LogP contribution in [0.25, 0.3) is 0 Å². The van der Waals surface area contributed by atoms with E-state index in [1.165, 1.54) is 17.0 Å². The molecule has 1 heterocycles. The minimum atomic E-state index is -1.12. The third-order valence-corrected chi connectivity index (χ3v) is 3.19. The first-order chi connectivity index (χ1) is 9.00. The van der Waals surface area contributed by atoms with Gasteiger partial charge in [0.05, 0.1) is 5.69 Å². The summed E-state index contributed by atoms with van der Waals surface area (Å²) >= 11 is 0. The van der Waals surface area contributed by atoms with Crippen molar-refractivity contribution in [2.24, 2.45) is 5.92 Å². The van der Waals surface area contributed by atoms with Gasteiger partial charge in [-0.25, -0.2) is 8.78 Å². The van der Waals surface area contributed by atoms with Crippen molar-refractivity contribution in [3.8, 4) is 0 Å². The van der Waals surface area contributed by atoms with Gasteiger partial charge in [-0.1, -0.05) is 6.07 Å². The van der Waals surface area contributed by atoms with Crippen molar-refractivity contribution in [3.05, 3.63) is 29.8 Å². The standard InChI is InChI=1S/C13H14F2N2O2/c1-17-7-3-4-8(13(17)19)12(18)16-10-6-2-5-9(14)11(10)15/h2,5-6,8H,3-4,7H2,1H3,(H,16,18). The Balaban J connectivity index is 2.13. The number of hydrogen-bond donors (Lipinski definition) is 1. The number of benzene rings is 1. The second kappa shape index (κ2) is 5.34. The molecule has 1 aromatic rings. The van der Waals surface area contributed by atoms with Crippen molar-refractivity contribution in [1.82, 2.24) is 4.90 Å². The van der Waals surface area contributed by atoms with Crippen LogP contribution >= 0.6 is 0 Å². The molecule has 0 saturated carbocycles. The van der Waals surface area contributed by atoms with Gasteiger partial charge in [-0.05, 0) is 25.0 Å². The molecule has 1 saturated heterocycles. The summed E-state index contributed by atoms with van der Waals surface area (Å²) in [6, 6.07) is 3.51. The number of rotatable bonds is 2. The fraction of sp³-hybridized carbons (Fsp3) is 0.385. The molecular weight excluding hydrogens is 254 g/mol. The predicted octanol–water partition coefficient (Wildman–Crippen LogP) is 1.77. The van der Waals surface area contributed by atoms with Gasteiger partial charge in [-0.15, -0.1) is 0 Å². The van der Waals surface area contributed by atoms with Gasteiger partial charge in [0.25, 0.3) is 0 Å². The maximum absolute atomic E-state index is 13.4. The first-order valence-electron chi connectivity index (χ1n) is 6.00. The summed E-state index contributed by atoms with van der Waals surface area (Å²) in [5.74, 6) is -3.87. The molecule has 1 aliphatic rings. The quantitative estimate of drug-likeness (QED) is 0.831. The number of halogens is 2. The molecule has 1 aliphatic heterocycles. The van der Waals surface area contributed by atoms with Crippen LogP contribution in [0.1, 0.15) is 12.8 Å². The lowest BCUT2D eigenvalue weighted by atomic mass is 9.96. The molecule has 0 aromatic heterocycles. The molecule has 1 atom stereocenters. The zero-order chi connectivity index (χ0) is 14.0. The van der Waals surface area contributed by atoms with Crippen LogP contribution < -0.4 is 5.32 Å². The number of carbonyl (C=O) groups excluding carboxylic acids is 2. The van der Waals surface area contributed by atoms with Gasteiger partial charge in [0.2, 0.25) is 11.8 Å². The molecule has 2 rings (SSSR count). The molecule has 1 aromatic carbocycles. The van der Waals surface area contributed by atoms with Crippen molar-refractivity contribution in [1.29, 1.82) is 0 Å². The van der Waals surface area contributed by atoms with E-state index in [0.29, 0.717) is 19.4 Å². The highest BCUT2D eigenvalue weighted by molar-refractivity contribution is 6.06. The van der Waals surface area contributed by atoms with Crippen LogP contribution in [0.5, 0.6) is 0 Å². The Kier molecular flexibility index (Phi) is 3.78. The van der Waals surface area contributed by atoms with Crippen molar-refractivity contribution >= 4 is 17.5 Å². The smallest absolute Gasteiger partial charge is 0.237 e. The van der Waals surface area contributed by atoms with Gasteiger partial charge in [-0.2, -0.15) is 0 Å². The Morgan fingerprint density at radius 3 is 2.89 bits per heavy atom.